The summed E-state index contributed by atoms with van der Waals surface area (Å²) in [6.07, 6.45) is 8.71. The lowest BCUT2D eigenvalue weighted by molar-refractivity contribution is 0.175. The predicted molar refractivity (Wildman–Crippen MR) is 98.2 cm³/mol. The van der Waals surface area contributed by atoms with E-state index in [0.29, 0.717) is 5.92 Å². The highest BCUT2D eigenvalue weighted by molar-refractivity contribution is 7.07. The van der Waals surface area contributed by atoms with Crippen molar-refractivity contribution in [1.29, 1.82) is 0 Å². The summed E-state index contributed by atoms with van der Waals surface area (Å²) in [7, 11) is 0. The number of nitrogens with zero attached hydrogens (tertiary/aromatic N) is 5. The molecule has 0 atom stereocenters. The third-order valence-electron chi connectivity index (χ3n) is 4.76. The lowest BCUT2D eigenvalue weighted by Gasteiger charge is -2.31. The number of H-pyrrole nitrogens is 1. The number of aryl methyl sites for hydroxylation is 1. The summed E-state index contributed by atoms with van der Waals surface area (Å²) in [5.74, 6) is 1.47. The molecular weight excluding hydrogens is 332 g/mol. The highest BCUT2D eigenvalue weighted by Gasteiger charge is 2.22. The van der Waals surface area contributed by atoms with Crippen molar-refractivity contribution in [1.82, 2.24) is 29.8 Å². The fraction of sp³-hybridized carbons (Fsp3) is 0.444. The Morgan fingerprint density at radius 1 is 1.16 bits per heavy atom. The fourth-order valence-corrected chi connectivity index (χ4v) is 3.96. The van der Waals surface area contributed by atoms with Gasteiger partial charge < -0.3 is 4.98 Å². The average molecular weight is 354 g/mol. The van der Waals surface area contributed by atoms with Gasteiger partial charge in [0.05, 0.1) is 16.9 Å². The zero-order valence-electron chi connectivity index (χ0n) is 14.4. The molecule has 1 saturated heterocycles. The highest BCUT2D eigenvalue weighted by atomic mass is 32.1. The van der Waals surface area contributed by atoms with Gasteiger partial charge in [0.2, 0.25) is 0 Å². The van der Waals surface area contributed by atoms with Crippen LogP contribution in [0.4, 0.5) is 0 Å². The fourth-order valence-electron chi connectivity index (χ4n) is 3.41. The third-order valence-corrected chi connectivity index (χ3v) is 5.39. The van der Waals surface area contributed by atoms with E-state index in [0.717, 1.165) is 49.0 Å². The van der Waals surface area contributed by atoms with Gasteiger partial charge in [-0.05, 0) is 45.2 Å². The van der Waals surface area contributed by atoms with Crippen LogP contribution < -0.4 is 0 Å². The van der Waals surface area contributed by atoms with Crippen molar-refractivity contribution in [3.8, 4) is 11.5 Å². The molecule has 25 heavy (non-hydrogen) atoms. The largest absolute Gasteiger partial charge is 0.341 e. The van der Waals surface area contributed by atoms with Gasteiger partial charge in [-0.15, -0.1) is 11.3 Å². The van der Waals surface area contributed by atoms with Crippen LogP contribution in [0.5, 0.6) is 0 Å². The lowest BCUT2D eigenvalue weighted by atomic mass is 9.91. The van der Waals surface area contributed by atoms with E-state index in [2.05, 4.69) is 35.2 Å². The minimum absolute atomic E-state index is 0.651. The molecule has 4 rings (SSSR count). The van der Waals surface area contributed by atoms with Gasteiger partial charge in [0.1, 0.15) is 5.69 Å². The van der Waals surface area contributed by atoms with Crippen molar-refractivity contribution in [3.05, 3.63) is 46.6 Å². The molecule has 0 aromatic carbocycles. The topological polar surface area (TPSA) is 70.6 Å². The first-order valence-corrected chi connectivity index (χ1v) is 9.63. The second-order valence-electron chi connectivity index (χ2n) is 6.67. The number of hydrogen-bond acceptors (Lipinski definition) is 6. The molecule has 0 amide bonds. The number of hydrogen-bond donors (Lipinski definition) is 1. The number of nitrogens with one attached hydrogen (secondary N) is 1. The van der Waals surface area contributed by atoms with Gasteiger partial charge in [-0.25, -0.2) is 15.0 Å². The Balaban J connectivity index is 1.39. The van der Waals surface area contributed by atoms with E-state index < -0.39 is 0 Å². The minimum atomic E-state index is 0.651. The molecule has 130 valence electrons. The number of likely N-dealkylation sites (tertiary alicyclic amines) is 1. The number of aromatic nitrogens is 5. The molecule has 0 aliphatic carbocycles. The number of thiazole rings is 1. The Labute approximate surface area is 151 Å². The minimum Gasteiger partial charge on any atom is -0.341 e. The molecule has 3 aromatic rings. The van der Waals surface area contributed by atoms with E-state index in [1.165, 1.54) is 18.5 Å². The van der Waals surface area contributed by atoms with Crippen molar-refractivity contribution < 1.29 is 0 Å². The molecule has 1 fully saturated rings. The predicted octanol–water partition coefficient (Wildman–Crippen LogP) is 3.09. The zero-order valence-corrected chi connectivity index (χ0v) is 15.2. The molecular formula is C18H22N6S. The first kappa shape index (κ1) is 16.4. The van der Waals surface area contributed by atoms with Crippen LogP contribution >= 0.6 is 11.3 Å². The molecule has 0 unspecified atom stereocenters. The molecule has 3 aromatic heterocycles. The van der Waals surface area contributed by atoms with E-state index in [9.17, 15) is 0 Å². The van der Waals surface area contributed by atoms with Crippen LogP contribution in [0.25, 0.3) is 11.5 Å². The Kier molecular flexibility index (Phi) is 4.85. The van der Waals surface area contributed by atoms with Crippen LogP contribution in [-0.2, 0) is 13.0 Å². The van der Waals surface area contributed by atoms with Crippen LogP contribution in [0.2, 0.25) is 0 Å². The van der Waals surface area contributed by atoms with Crippen LogP contribution in [0.15, 0.2) is 29.5 Å². The molecule has 7 heteroatoms. The number of piperidine rings is 1. The van der Waals surface area contributed by atoms with Gasteiger partial charge in [-0.2, -0.15) is 0 Å². The summed E-state index contributed by atoms with van der Waals surface area (Å²) in [6.45, 7) is 5.22. The number of imidazole rings is 1. The SMILES string of the molecule is Cc1cnc(-c2nccnc2CC2CCN(Cc3cscn3)CC2)[nH]1. The van der Waals surface area contributed by atoms with Gasteiger partial charge in [0.25, 0.3) is 0 Å². The van der Waals surface area contributed by atoms with Gasteiger partial charge in [0.15, 0.2) is 5.82 Å². The van der Waals surface area contributed by atoms with Crippen molar-refractivity contribution in [3.63, 3.8) is 0 Å². The van der Waals surface area contributed by atoms with Crippen LogP contribution in [0, 0.1) is 12.8 Å². The summed E-state index contributed by atoms with van der Waals surface area (Å²) in [6, 6.07) is 0. The second kappa shape index (κ2) is 7.41. The molecule has 0 bridgehead atoms. The molecule has 0 radical (unpaired) electrons. The first-order valence-electron chi connectivity index (χ1n) is 8.69. The summed E-state index contributed by atoms with van der Waals surface area (Å²) in [5, 5.41) is 2.14. The monoisotopic (exact) mass is 354 g/mol. The van der Waals surface area contributed by atoms with E-state index in [1.54, 1.807) is 23.7 Å². The molecule has 4 heterocycles. The summed E-state index contributed by atoms with van der Waals surface area (Å²) < 4.78 is 0. The molecule has 1 aliphatic rings. The van der Waals surface area contributed by atoms with Crippen molar-refractivity contribution in [2.75, 3.05) is 13.1 Å². The van der Waals surface area contributed by atoms with Crippen LogP contribution in [-0.4, -0.2) is 42.9 Å². The molecule has 1 aliphatic heterocycles. The van der Waals surface area contributed by atoms with E-state index >= 15 is 0 Å². The average Bonchev–Trinajstić information content (AvgIpc) is 3.29. The summed E-state index contributed by atoms with van der Waals surface area (Å²) >= 11 is 1.67. The molecule has 1 N–H and O–H groups in total. The Morgan fingerprint density at radius 2 is 2.00 bits per heavy atom. The Bertz CT molecular complexity index is 805. The van der Waals surface area contributed by atoms with Gasteiger partial charge in [0, 0.05) is 36.2 Å². The first-order chi connectivity index (χ1) is 12.3. The van der Waals surface area contributed by atoms with Crippen molar-refractivity contribution in [2.45, 2.75) is 32.7 Å². The number of aromatic amines is 1. The maximum absolute atomic E-state index is 4.59. The maximum Gasteiger partial charge on any atom is 0.158 e. The van der Waals surface area contributed by atoms with Gasteiger partial charge >= 0.3 is 0 Å². The Hall–Kier alpha value is -2.12. The van der Waals surface area contributed by atoms with Crippen molar-refractivity contribution in [2.24, 2.45) is 5.92 Å². The van der Waals surface area contributed by atoms with Crippen molar-refractivity contribution >= 4 is 11.3 Å². The highest BCUT2D eigenvalue weighted by Crippen LogP contribution is 2.25. The third kappa shape index (κ3) is 3.93. The van der Waals surface area contributed by atoms with Gasteiger partial charge in [-0.1, -0.05) is 0 Å². The molecule has 0 saturated carbocycles. The van der Waals surface area contributed by atoms with E-state index in [1.807, 2.05) is 18.6 Å². The lowest BCUT2D eigenvalue weighted by Crippen LogP contribution is -2.34. The second-order valence-corrected chi connectivity index (χ2v) is 7.39. The maximum atomic E-state index is 4.59. The zero-order chi connectivity index (χ0) is 17.1. The van der Waals surface area contributed by atoms with E-state index in [-0.39, 0.29) is 0 Å². The standard InChI is InChI=1S/C18H22N6S/c1-13-9-21-18(23-13)17-16(19-4-5-20-17)8-14-2-6-24(7-3-14)10-15-11-25-12-22-15/h4-5,9,11-12,14H,2-3,6-8,10H2,1H3,(H,21,23). The van der Waals surface area contributed by atoms with Gasteiger partial charge in [-0.3, -0.25) is 9.88 Å². The number of rotatable bonds is 5. The Morgan fingerprint density at radius 3 is 2.72 bits per heavy atom. The van der Waals surface area contributed by atoms with E-state index in [4.69, 9.17) is 0 Å². The van der Waals surface area contributed by atoms with Crippen LogP contribution in [0.1, 0.15) is 29.9 Å². The smallest absolute Gasteiger partial charge is 0.158 e. The van der Waals surface area contributed by atoms with Crippen LogP contribution in [0.3, 0.4) is 0 Å². The molecule has 6 nitrogen and oxygen atoms in total. The normalized spacial score (nSPS) is 16.4. The summed E-state index contributed by atoms with van der Waals surface area (Å²) in [5.41, 5.74) is 6.08. The quantitative estimate of drug-likeness (QED) is 0.762. The summed E-state index contributed by atoms with van der Waals surface area (Å²) in [4.78, 5) is 23.7. The molecule has 0 spiro atoms.